The highest BCUT2D eigenvalue weighted by Crippen LogP contribution is 2.47. The Morgan fingerprint density at radius 1 is 1.24 bits per heavy atom. The zero-order chi connectivity index (χ0) is 21.9. The largest absolute Gasteiger partial charge is 0.746 e. The van der Waals surface area contributed by atoms with Crippen LogP contribution in [0.5, 0.6) is 0 Å². The van der Waals surface area contributed by atoms with Crippen molar-refractivity contribution in [2.75, 3.05) is 6.61 Å². The van der Waals surface area contributed by atoms with Crippen molar-refractivity contribution < 1.29 is 42.6 Å². The summed E-state index contributed by atoms with van der Waals surface area (Å²) in [5.41, 5.74) is 0. The van der Waals surface area contributed by atoms with Gasteiger partial charge >= 0.3 is 7.82 Å². The van der Waals surface area contributed by atoms with Crippen LogP contribution in [0.25, 0.3) is 0 Å². The molecule has 0 bridgehead atoms. The Morgan fingerprint density at radius 2 is 1.90 bits per heavy atom. The molecule has 0 aliphatic carbocycles. The lowest BCUT2D eigenvalue weighted by molar-refractivity contribution is -0.232. The van der Waals surface area contributed by atoms with Gasteiger partial charge in [0.2, 0.25) is 0 Å². The highest BCUT2D eigenvalue weighted by molar-refractivity contribution is 7.46. The minimum absolute atomic E-state index is 0.0616. The van der Waals surface area contributed by atoms with Gasteiger partial charge in [-0.15, -0.1) is 0 Å². The Labute approximate surface area is 172 Å². The second-order valence-electron chi connectivity index (χ2n) is 8.15. The molecule has 0 saturated carbocycles. The molecule has 0 spiro atoms. The SMILES string of the molecule is C=C(OP(=O)([O-])O[C@@H]1C(O)[C@H](C)O[C@@H]1COC(C)C)[C@H]1O[C@@H](C)C[C@H]1OC(C)C. The maximum absolute atomic E-state index is 12.5. The first-order chi connectivity index (χ1) is 13.4. The van der Waals surface area contributed by atoms with Gasteiger partial charge in [0.1, 0.15) is 30.2 Å². The molecule has 1 N–H and O–H groups in total. The summed E-state index contributed by atoms with van der Waals surface area (Å²) in [4.78, 5) is 12.5. The number of aliphatic hydroxyl groups excluding tert-OH is 1. The maximum atomic E-state index is 12.5. The molecule has 2 aliphatic heterocycles. The summed E-state index contributed by atoms with van der Waals surface area (Å²) >= 11 is 0. The molecule has 2 aliphatic rings. The van der Waals surface area contributed by atoms with Crippen LogP contribution >= 0.6 is 7.82 Å². The Bertz CT molecular complexity index is 596. The monoisotopic (exact) mass is 437 g/mol. The zero-order valence-corrected chi connectivity index (χ0v) is 18.9. The molecule has 0 aromatic heterocycles. The van der Waals surface area contributed by atoms with E-state index in [1.165, 1.54) is 0 Å². The second-order valence-corrected chi connectivity index (χ2v) is 9.44. The first-order valence-corrected chi connectivity index (χ1v) is 11.5. The lowest BCUT2D eigenvalue weighted by Crippen LogP contribution is -2.38. The molecule has 8 atom stereocenters. The summed E-state index contributed by atoms with van der Waals surface area (Å²) in [5, 5.41) is 10.3. The van der Waals surface area contributed by atoms with Crippen molar-refractivity contribution in [1.29, 1.82) is 0 Å². The molecule has 2 saturated heterocycles. The van der Waals surface area contributed by atoms with Crippen LogP contribution in [0.3, 0.4) is 0 Å². The van der Waals surface area contributed by atoms with Crippen molar-refractivity contribution in [3.05, 3.63) is 12.3 Å². The van der Waals surface area contributed by atoms with Gasteiger partial charge < -0.3 is 38.0 Å². The Kier molecular flexibility index (Phi) is 8.71. The molecule has 2 heterocycles. The van der Waals surface area contributed by atoms with Crippen molar-refractivity contribution in [3.63, 3.8) is 0 Å². The number of phosphoric acid groups is 1. The number of hydrogen-bond acceptors (Lipinski definition) is 9. The average Bonchev–Trinajstić information content (AvgIpc) is 3.06. The summed E-state index contributed by atoms with van der Waals surface area (Å²) in [7, 11) is -4.86. The highest BCUT2D eigenvalue weighted by atomic mass is 31.2. The fourth-order valence-electron chi connectivity index (χ4n) is 3.44. The molecule has 0 aromatic rings. The Morgan fingerprint density at radius 3 is 2.48 bits per heavy atom. The fraction of sp³-hybridized carbons (Fsp3) is 0.895. The lowest BCUT2D eigenvalue weighted by atomic mass is 10.1. The van der Waals surface area contributed by atoms with E-state index >= 15 is 0 Å². The first-order valence-electron chi connectivity index (χ1n) is 10.0. The minimum Gasteiger partial charge on any atom is -0.746 e. The van der Waals surface area contributed by atoms with Crippen molar-refractivity contribution >= 4 is 7.82 Å². The van der Waals surface area contributed by atoms with Crippen LogP contribution in [0.4, 0.5) is 0 Å². The molecule has 29 heavy (non-hydrogen) atoms. The van der Waals surface area contributed by atoms with Crippen LogP contribution in [0.1, 0.15) is 48.0 Å². The van der Waals surface area contributed by atoms with E-state index in [-0.39, 0.29) is 36.8 Å². The van der Waals surface area contributed by atoms with Crippen LogP contribution < -0.4 is 4.89 Å². The molecule has 2 fully saturated rings. The summed E-state index contributed by atoms with van der Waals surface area (Å²) in [6, 6.07) is 0. The molecule has 170 valence electrons. The first kappa shape index (κ1) is 24.8. The Balaban J connectivity index is 2.01. The van der Waals surface area contributed by atoms with E-state index in [2.05, 4.69) is 6.58 Å². The van der Waals surface area contributed by atoms with Crippen molar-refractivity contribution in [2.24, 2.45) is 0 Å². The van der Waals surface area contributed by atoms with Gasteiger partial charge in [-0.05, 0) is 41.5 Å². The van der Waals surface area contributed by atoms with Crippen molar-refractivity contribution in [1.82, 2.24) is 0 Å². The lowest BCUT2D eigenvalue weighted by Gasteiger charge is -2.32. The quantitative estimate of drug-likeness (QED) is 0.404. The third kappa shape index (κ3) is 7.01. The van der Waals surface area contributed by atoms with Crippen LogP contribution in [-0.2, 0) is 32.6 Å². The average molecular weight is 437 g/mol. The molecule has 0 radical (unpaired) electrons. The topological polar surface area (TPSA) is 116 Å². The van der Waals surface area contributed by atoms with E-state index in [1.54, 1.807) is 6.92 Å². The summed E-state index contributed by atoms with van der Waals surface area (Å²) in [6.45, 7) is 14.7. The van der Waals surface area contributed by atoms with Crippen LogP contribution in [0.2, 0.25) is 0 Å². The third-order valence-corrected chi connectivity index (χ3v) is 5.65. The highest BCUT2D eigenvalue weighted by Gasteiger charge is 2.45. The van der Waals surface area contributed by atoms with Gasteiger partial charge in [0.15, 0.2) is 0 Å². The number of hydrogen-bond donors (Lipinski definition) is 1. The van der Waals surface area contributed by atoms with Crippen molar-refractivity contribution in [3.8, 4) is 0 Å². The molecular formula is C19H34O9P-. The molecule has 2 unspecified atom stereocenters. The van der Waals surface area contributed by atoms with E-state index in [0.29, 0.717) is 6.42 Å². The van der Waals surface area contributed by atoms with Gasteiger partial charge in [0.25, 0.3) is 0 Å². The molecule has 10 heteroatoms. The van der Waals surface area contributed by atoms with Crippen LogP contribution in [0, 0.1) is 0 Å². The molecular weight excluding hydrogens is 403 g/mol. The second kappa shape index (κ2) is 10.2. The zero-order valence-electron chi connectivity index (χ0n) is 18.0. The van der Waals surface area contributed by atoms with Gasteiger partial charge in [-0.3, -0.25) is 4.57 Å². The number of rotatable bonds is 10. The summed E-state index contributed by atoms with van der Waals surface area (Å²) in [6.07, 6.45) is -4.42. The standard InChI is InChI=1S/C19H35O9P/c1-10(2)23-9-16-19(17(20)13(6)26-16)28-29(21,22)27-14(7)18-15(24-11(3)4)8-12(5)25-18/h10-13,15-20H,7-9H2,1-6H3,(H,21,22)/p-1/t12-,13-,15+,16+,17?,18+,19-/m0/s1. The van der Waals surface area contributed by atoms with E-state index in [0.717, 1.165) is 0 Å². The smallest absolute Gasteiger partial charge is 0.319 e. The summed E-state index contributed by atoms with van der Waals surface area (Å²) in [5.74, 6) is -0.116. The predicted molar refractivity (Wildman–Crippen MR) is 103 cm³/mol. The number of aliphatic hydroxyl groups is 1. The minimum atomic E-state index is -4.86. The molecule has 9 nitrogen and oxygen atoms in total. The normalized spacial score (nSPS) is 37.2. The Hall–Kier alpha value is -0.510. The molecule has 0 amide bonds. The number of phosphoric ester groups is 1. The van der Waals surface area contributed by atoms with Gasteiger partial charge in [0.05, 0.1) is 37.1 Å². The predicted octanol–water partition coefficient (Wildman–Crippen LogP) is 1.91. The van der Waals surface area contributed by atoms with Gasteiger partial charge in [-0.1, -0.05) is 6.58 Å². The maximum Gasteiger partial charge on any atom is 0.319 e. The van der Waals surface area contributed by atoms with Crippen molar-refractivity contribution in [2.45, 2.75) is 103 Å². The van der Waals surface area contributed by atoms with Crippen LogP contribution in [0.15, 0.2) is 12.3 Å². The van der Waals surface area contributed by atoms with Crippen LogP contribution in [-0.4, -0.2) is 66.6 Å². The molecule has 2 rings (SSSR count). The van der Waals surface area contributed by atoms with E-state index in [4.69, 9.17) is 28.0 Å². The van der Waals surface area contributed by atoms with Gasteiger partial charge in [-0.25, -0.2) is 0 Å². The van der Waals surface area contributed by atoms with E-state index < -0.39 is 38.3 Å². The van der Waals surface area contributed by atoms with Gasteiger partial charge in [-0.2, -0.15) is 0 Å². The summed E-state index contributed by atoms with van der Waals surface area (Å²) < 4.78 is 45.3. The van der Waals surface area contributed by atoms with E-state index in [9.17, 15) is 14.6 Å². The van der Waals surface area contributed by atoms with Gasteiger partial charge in [0, 0.05) is 6.42 Å². The van der Waals surface area contributed by atoms with E-state index in [1.807, 2.05) is 34.6 Å². The number of ether oxygens (including phenoxy) is 4. The molecule has 0 aromatic carbocycles. The fourth-order valence-corrected chi connectivity index (χ4v) is 4.44. The third-order valence-electron chi connectivity index (χ3n) is 4.69.